The lowest BCUT2D eigenvalue weighted by atomic mass is 10.0. The van der Waals surface area contributed by atoms with Crippen molar-refractivity contribution in [3.63, 3.8) is 0 Å². The molecule has 1 heterocycles. The van der Waals surface area contributed by atoms with Crippen molar-refractivity contribution in [3.05, 3.63) is 35.4 Å². The third-order valence-corrected chi connectivity index (χ3v) is 5.29. The molecule has 1 saturated heterocycles. The highest BCUT2D eigenvalue weighted by Crippen LogP contribution is 2.19. The monoisotopic (exact) mass is 335 g/mol. The molecule has 7 heteroatoms. The van der Waals surface area contributed by atoms with Crippen LogP contribution in [0.1, 0.15) is 30.4 Å². The molecule has 0 aromatic heterocycles. The Kier molecular flexibility index (Phi) is 5.74. The number of piperidine rings is 1. The van der Waals surface area contributed by atoms with Gasteiger partial charge in [-0.3, -0.25) is 4.79 Å². The molecule has 1 unspecified atom stereocenters. The topological polar surface area (TPSA) is 90.3 Å². The van der Waals surface area contributed by atoms with Gasteiger partial charge < -0.3 is 5.32 Å². The predicted molar refractivity (Wildman–Crippen MR) is 87.1 cm³/mol. The van der Waals surface area contributed by atoms with Crippen LogP contribution in [0.3, 0.4) is 0 Å². The molecule has 0 bridgehead atoms. The van der Waals surface area contributed by atoms with E-state index in [-0.39, 0.29) is 18.4 Å². The first-order valence-electron chi connectivity index (χ1n) is 7.62. The standard InChI is InChI=1S/C16H21N3O3S/c1-23(21,22)19-8-3-2-7-15(19)12-18-16(20)10-13-5-4-6-14(9-13)11-17/h4-6,9,15H,2-3,7-8,10,12H2,1H3,(H,18,20). The first-order chi connectivity index (χ1) is 10.9. The fraction of sp³-hybridized carbons (Fsp3) is 0.500. The maximum Gasteiger partial charge on any atom is 0.224 e. The average Bonchev–Trinajstić information content (AvgIpc) is 2.52. The van der Waals surface area contributed by atoms with Crippen LogP contribution in [0.2, 0.25) is 0 Å². The average molecular weight is 335 g/mol. The number of benzene rings is 1. The maximum absolute atomic E-state index is 12.0. The van der Waals surface area contributed by atoms with E-state index in [4.69, 9.17) is 5.26 Å². The van der Waals surface area contributed by atoms with Gasteiger partial charge in [0.2, 0.25) is 15.9 Å². The molecule has 0 saturated carbocycles. The summed E-state index contributed by atoms with van der Waals surface area (Å²) in [6.45, 7) is 0.841. The summed E-state index contributed by atoms with van der Waals surface area (Å²) in [6.07, 6.45) is 3.98. The number of nitrogens with zero attached hydrogens (tertiary/aromatic N) is 2. The van der Waals surface area contributed by atoms with Crippen molar-refractivity contribution in [1.29, 1.82) is 5.26 Å². The van der Waals surface area contributed by atoms with E-state index in [1.807, 2.05) is 6.07 Å². The molecule has 2 rings (SSSR count). The summed E-state index contributed by atoms with van der Waals surface area (Å²) in [5.74, 6) is -0.167. The van der Waals surface area contributed by atoms with E-state index in [0.717, 1.165) is 24.8 Å². The van der Waals surface area contributed by atoms with Gasteiger partial charge in [0.05, 0.1) is 24.3 Å². The van der Waals surface area contributed by atoms with Crippen molar-refractivity contribution in [1.82, 2.24) is 9.62 Å². The molecule has 0 spiro atoms. The SMILES string of the molecule is CS(=O)(=O)N1CCCCC1CNC(=O)Cc1cccc(C#N)c1. The van der Waals surface area contributed by atoms with E-state index in [1.54, 1.807) is 24.3 Å². The van der Waals surface area contributed by atoms with Gasteiger partial charge >= 0.3 is 0 Å². The Morgan fingerprint density at radius 1 is 1.43 bits per heavy atom. The molecule has 1 aliphatic heterocycles. The first kappa shape index (κ1) is 17.4. The van der Waals surface area contributed by atoms with Gasteiger partial charge in [-0.25, -0.2) is 8.42 Å². The molecule has 1 atom stereocenters. The normalized spacial score (nSPS) is 19.0. The molecule has 23 heavy (non-hydrogen) atoms. The summed E-state index contributed by atoms with van der Waals surface area (Å²) in [5, 5.41) is 11.7. The fourth-order valence-corrected chi connectivity index (χ4v) is 4.03. The second-order valence-electron chi connectivity index (χ2n) is 5.82. The quantitative estimate of drug-likeness (QED) is 0.870. The number of nitrogens with one attached hydrogen (secondary N) is 1. The van der Waals surface area contributed by atoms with E-state index in [1.165, 1.54) is 10.6 Å². The minimum atomic E-state index is -3.24. The Labute approximate surface area is 137 Å². The largest absolute Gasteiger partial charge is 0.354 e. The van der Waals surface area contributed by atoms with Crippen LogP contribution in [-0.4, -0.2) is 44.0 Å². The molecule has 1 aromatic rings. The first-order valence-corrected chi connectivity index (χ1v) is 9.47. The third kappa shape index (κ3) is 5.05. The zero-order valence-corrected chi connectivity index (χ0v) is 14.0. The molecule has 1 N–H and O–H groups in total. The Balaban J connectivity index is 1.91. The molecule has 1 aromatic carbocycles. The molecule has 1 aliphatic rings. The summed E-state index contributed by atoms with van der Waals surface area (Å²) in [6, 6.07) is 8.78. The summed E-state index contributed by atoms with van der Waals surface area (Å²) < 4.78 is 25.1. The summed E-state index contributed by atoms with van der Waals surface area (Å²) in [5.41, 5.74) is 1.29. The highest BCUT2D eigenvalue weighted by Gasteiger charge is 2.29. The number of amides is 1. The minimum Gasteiger partial charge on any atom is -0.354 e. The smallest absolute Gasteiger partial charge is 0.224 e. The molecule has 0 radical (unpaired) electrons. The van der Waals surface area contributed by atoms with Crippen LogP contribution in [0.5, 0.6) is 0 Å². The number of carbonyl (C=O) groups excluding carboxylic acids is 1. The summed E-state index contributed by atoms with van der Waals surface area (Å²) in [4.78, 5) is 12.0. The van der Waals surface area contributed by atoms with Crippen molar-refractivity contribution in [2.75, 3.05) is 19.3 Å². The Morgan fingerprint density at radius 2 is 2.22 bits per heavy atom. The molecule has 1 amide bonds. The van der Waals surface area contributed by atoms with Crippen molar-refractivity contribution >= 4 is 15.9 Å². The van der Waals surface area contributed by atoms with Crippen LogP contribution in [0, 0.1) is 11.3 Å². The lowest BCUT2D eigenvalue weighted by Gasteiger charge is -2.33. The van der Waals surface area contributed by atoms with Crippen LogP contribution in [-0.2, 0) is 21.2 Å². The zero-order chi connectivity index (χ0) is 16.9. The highest BCUT2D eigenvalue weighted by atomic mass is 32.2. The van der Waals surface area contributed by atoms with Gasteiger partial charge in [-0.05, 0) is 30.5 Å². The van der Waals surface area contributed by atoms with E-state index in [2.05, 4.69) is 5.32 Å². The third-order valence-electron chi connectivity index (χ3n) is 3.95. The Bertz CT molecular complexity index is 710. The number of nitriles is 1. The molecule has 0 aliphatic carbocycles. The summed E-state index contributed by atoms with van der Waals surface area (Å²) >= 11 is 0. The van der Waals surface area contributed by atoms with Gasteiger partial charge in [-0.1, -0.05) is 18.6 Å². The highest BCUT2D eigenvalue weighted by molar-refractivity contribution is 7.88. The van der Waals surface area contributed by atoms with Gasteiger partial charge in [0.1, 0.15) is 0 Å². The lowest BCUT2D eigenvalue weighted by Crippen LogP contribution is -2.49. The van der Waals surface area contributed by atoms with Crippen LogP contribution >= 0.6 is 0 Å². The predicted octanol–water partition coefficient (Wildman–Crippen LogP) is 1.03. The van der Waals surface area contributed by atoms with Crippen molar-refractivity contribution in [2.45, 2.75) is 31.7 Å². The van der Waals surface area contributed by atoms with Crippen LogP contribution in [0.25, 0.3) is 0 Å². The van der Waals surface area contributed by atoms with Crippen LogP contribution < -0.4 is 5.32 Å². The molecular formula is C16H21N3O3S. The van der Waals surface area contributed by atoms with Crippen LogP contribution in [0.4, 0.5) is 0 Å². The maximum atomic E-state index is 12.0. The van der Waals surface area contributed by atoms with Crippen LogP contribution in [0.15, 0.2) is 24.3 Å². The van der Waals surface area contributed by atoms with Crippen molar-refractivity contribution in [2.24, 2.45) is 0 Å². The van der Waals surface area contributed by atoms with Gasteiger partial charge in [0.15, 0.2) is 0 Å². The molecule has 124 valence electrons. The van der Waals surface area contributed by atoms with E-state index in [9.17, 15) is 13.2 Å². The lowest BCUT2D eigenvalue weighted by molar-refractivity contribution is -0.120. The van der Waals surface area contributed by atoms with E-state index in [0.29, 0.717) is 18.7 Å². The zero-order valence-electron chi connectivity index (χ0n) is 13.2. The van der Waals surface area contributed by atoms with E-state index < -0.39 is 10.0 Å². The Morgan fingerprint density at radius 3 is 2.91 bits per heavy atom. The van der Waals surface area contributed by atoms with E-state index >= 15 is 0 Å². The van der Waals surface area contributed by atoms with Gasteiger partial charge in [0, 0.05) is 19.1 Å². The second kappa shape index (κ2) is 7.57. The number of carbonyl (C=O) groups is 1. The summed E-state index contributed by atoms with van der Waals surface area (Å²) in [7, 11) is -3.24. The number of hydrogen-bond donors (Lipinski definition) is 1. The minimum absolute atomic E-state index is 0.167. The van der Waals surface area contributed by atoms with Crippen molar-refractivity contribution < 1.29 is 13.2 Å². The number of hydrogen-bond acceptors (Lipinski definition) is 4. The van der Waals surface area contributed by atoms with Gasteiger partial charge in [-0.2, -0.15) is 9.57 Å². The second-order valence-corrected chi connectivity index (χ2v) is 7.75. The van der Waals surface area contributed by atoms with Gasteiger partial charge in [-0.15, -0.1) is 0 Å². The molecule has 1 fully saturated rings. The number of rotatable bonds is 5. The molecular weight excluding hydrogens is 314 g/mol. The van der Waals surface area contributed by atoms with Crippen molar-refractivity contribution in [3.8, 4) is 6.07 Å². The van der Waals surface area contributed by atoms with Gasteiger partial charge in [0.25, 0.3) is 0 Å². The number of sulfonamides is 1. The molecule has 6 nitrogen and oxygen atoms in total. The fourth-order valence-electron chi connectivity index (χ4n) is 2.85. The Hall–Kier alpha value is -1.91.